The lowest BCUT2D eigenvalue weighted by atomic mass is 9.95. The Morgan fingerprint density at radius 1 is 1.14 bits per heavy atom. The van der Waals surface area contributed by atoms with Gasteiger partial charge in [0.2, 0.25) is 0 Å². The third-order valence-corrected chi connectivity index (χ3v) is 5.50. The van der Waals surface area contributed by atoms with Crippen LogP contribution in [0.3, 0.4) is 0 Å². The first-order chi connectivity index (χ1) is 14.2. The number of hydrogen-bond acceptors (Lipinski definition) is 5. The molecule has 0 radical (unpaired) electrons. The molecule has 1 aliphatic rings. The van der Waals surface area contributed by atoms with Gasteiger partial charge in [0.25, 0.3) is 5.91 Å². The van der Waals surface area contributed by atoms with E-state index < -0.39 is 0 Å². The van der Waals surface area contributed by atoms with Crippen molar-refractivity contribution in [1.29, 1.82) is 0 Å². The van der Waals surface area contributed by atoms with Crippen molar-refractivity contribution in [1.82, 2.24) is 10.7 Å². The molecule has 7 heteroatoms. The molecule has 29 heavy (non-hydrogen) atoms. The quantitative estimate of drug-likeness (QED) is 0.482. The summed E-state index contributed by atoms with van der Waals surface area (Å²) in [5.41, 5.74) is 8.33. The first-order valence-electron chi connectivity index (χ1n) is 9.98. The number of carbonyl (C=O) groups is 1. The van der Waals surface area contributed by atoms with Gasteiger partial charge in [-0.05, 0) is 58.6 Å². The number of benzene rings is 2. The van der Waals surface area contributed by atoms with Crippen molar-refractivity contribution in [2.75, 3.05) is 19.1 Å². The van der Waals surface area contributed by atoms with Gasteiger partial charge in [0.15, 0.2) is 18.1 Å². The molecule has 1 amide bonds. The number of halogens is 1. The predicted octanol–water partition coefficient (Wildman–Crippen LogP) is 4.40. The van der Waals surface area contributed by atoms with Gasteiger partial charge in [0, 0.05) is 18.3 Å². The van der Waals surface area contributed by atoms with Crippen LogP contribution in [-0.4, -0.2) is 25.7 Å². The van der Waals surface area contributed by atoms with Crippen LogP contribution in [0.2, 0.25) is 0 Å². The third-order valence-electron chi connectivity index (χ3n) is 4.91. The van der Waals surface area contributed by atoms with Crippen LogP contribution in [0.1, 0.15) is 37.7 Å². The molecule has 6 nitrogen and oxygen atoms in total. The van der Waals surface area contributed by atoms with Crippen LogP contribution in [0.4, 0.5) is 5.69 Å². The number of nitrogens with one attached hydrogen (secondary N) is 3. The second-order valence-corrected chi connectivity index (χ2v) is 8.00. The summed E-state index contributed by atoms with van der Waals surface area (Å²) in [6.45, 7) is 0.560. The molecule has 1 aliphatic carbocycles. The molecule has 2 aromatic rings. The van der Waals surface area contributed by atoms with Crippen LogP contribution < -0.4 is 25.6 Å². The molecule has 0 bridgehead atoms. The lowest BCUT2D eigenvalue weighted by Gasteiger charge is -2.23. The zero-order valence-electron chi connectivity index (χ0n) is 16.7. The zero-order valence-corrected chi connectivity index (χ0v) is 18.3. The average Bonchev–Trinajstić information content (AvgIpc) is 2.74. The van der Waals surface area contributed by atoms with E-state index in [0.717, 1.165) is 28.6 Å². The number of rotatable bonds is 9. The number of para-hydroxylation sites is 1. The molecule has 0 aliphatic heterocycles. The van der Waals surface area contributed by atoms with E-state index in [2.05, 4.69) is 32.1 Å². The maximum absolute atomic E-state index is 12.2. The van der Waals surface area contributed by atoms with Gasteiger partial charge in [-0.25, -0.2) is 5.43 Å². The Bertz CT molecular complexity index is 795. The van der Waals surface area contributed by atoms with Crippen molar-refractivity contribution in [2.45, 2.75) is 44.7 Å². The molecule has 0 unspecified atom stereocenters. The van der Waals surface area contributed by atoms with Crippen molar-refractivity contribution in [3.8, 4) is 11.5 Å². The Labute approximate surface area is 180 Å². The molecule has 3 rings (SSSR count). The number of methoxy groups -OCH3 is 1. The summed E-state index contributed by atoms with van der Waals surface area (Å²) in [6, 6.07) is 14.0. The topological polar surface area (TPSA) is 71.6 Å². The van der Waals surface area contributed by atoms with Crippen LogP contribution in [0.15, 0.2) is 46.9 Å². The van der Waals surface area contributed by atoms with Crippen LogP contribution >= 0.6 is 15.9 Å². The monoisotopic (exact) mass is 461 g/mol. The number of hydrazine groups is 1. The van der Waals surface area contributed by atoms with Gasteiger partial charge in [-0.2, -0.15) is 0 Å². The van der Waals surface area contributed by atoms with E-state index in [-0.39, 0.29) is 18.6 Å². The predicted molar refractivity (Wildman–Crippen MR) is 118 cm³/mol. The van der Waals surface area contributed by atoms with E-state index in [1.807, 2.05) is 42.5 Å². The Kier molecular flexibility index (Phi) is 8.19. The molecule has 2 aromatic carbocycles. The summed E-state index contributed by atoms with van der Waals surface area (Å²) in [4.78, 5) is 12.2. The summed E-state index contributed by atoms with van der Waals surface area (Å²) in [5.74, 6) is 1.02. The maximum Gasteiger partial charge on any atom is 0.258 e. The van der Waals surface area contributed by atoms with Gasteiger partial charge in [-0.3, -0.25) is 4.79 Å². The molecular formula is C22H28BrN3O3. The second-order valence-electron chi connectivity index (χ2n) is 7.14. The van der Waals surface area contributed by atoms with Crippen molar-refractivity contribution in [3.63, 3.8) is 0 Å². The number of carbonyl (C=O) groups excluding carboxylic acids is 1. The van der Waals surface area contributed by atoms with Crippen LogP contribution in [0.25, 0.3) is 0 Å². The Balaban J connectivity index is 1.54. The first kappa shape index (κ1) is 21.5. The number of hydrogen-bond donors (Lipinski definition) is 3. The number of ether oxygens (including phenoxy) is 2. The fourth-order valence-corrected chi connectivity index (χ4v) is 4.04. The lowest BCUT2D eigenvalue weighted by Crippen LogP contribution is -2.39. The molecule has 0 spiro atoms. The molecule has 0 atom stereocenters. The Morgan fingerprint density at radius 3 is 2.62 bits per heavy atom. The molecule has 0 saturated heterocycles. The van der Waals surface area contributed by atoms with Gasteiger partial charge < -0.3 is 20.2 Å². The molecule has 156 valence electrons. The lowest BCUT2D eigenvalue weighted by molar-refractivity contribution is -0.124. The Hall–Kier alpha value is -2.25. The minimum Gasteiger partial charge on any atom is -0.493 e. The van der Waals surface area contributed by atoms with Crippen LogP contribution in [0.5, 0.6) is 11.5 Å². The van der Waals surface area contributed by atoms with Crippen LogP contribution in [0, 0.1) is 0 Å². The van der Waals surface area contributed by atoms with E-state index in [1.165, 1.54) is 19.3 Å². The van der Waals surface area contributed by atoms with Gasteiger partial charge in [-0.15, -0.1) is 0 Å². The highest BCUT2D eigenvalue weighted by Gasteiger charge is 2.17. The van der Waals surface area contributed by atoms with Crippen molar-refractivity contribution in [3.05, 3.63) is 52.5 Å². The summed E-state index contributed by atoms with van der Waals surface area (Å²) in [6.07, 6.45) is 5.73. The fraction of sp³-hybridized carbons (Fsp3) is 0.409. The summed E-state index contributed by atoms with van der Waals surface area (Å²) in [7, 11) is 1.59. The summed E-state index contributed by atoms with van der Waals surface area (Å²) >= 11 is 3.54. The van der Waals surface area contributed by atoms with E-state index >= 15 is 0 Å². The third kappa shape index (κ3) is 6.65. The fourth-order valence-electron chi connectivity index (χ4n) is 3.44. The van der Waals surface area contributed by atoms with Gasteiger partial charge in [-0.1, -0.05) is 37.5 Å². The summed E-state index contributed by atoms with van der Waals surface area (Å²) in [5, 5.41) is 3.06. The molecular weight excluding hydrogens is 434 g/mol. The van der Waals surface area contributed by atoms with Crippen molar-refractivity contribution in [2.24, 2.45) is 0 Å². The van der Waals surface area contributed by atoms with Gasteiger partial charge >= 0.3 is 0 Å². The number of amides is 1. The van der Waals surface area contributed by atoms with Crippen LogP contribution in [-0.2, 0) is 11.3 Å². The van der Waals surface area contributed by atoms with Crippen molar-refractivity contribution < 1.29 is 14.3 Å². The SMILES string of the molecule is COc1cc(CNNc2ccccc2)cc(Br)c1OCC(=O)NC1CCCCC1. The first-order valence-corrected chi connectivity index (χ1v) is 10.8. The van der Waals surface area contributed by atoms with Gasteiger partial charge in [0.1, 0.15) is 0 Å². The summed E-state index contributed by atoms with van der Waals surface area (Å²) < 4.78 is 12.0. The maximum atomic E-state index is 12.2. The van der Waals surface area contributed by atoms with E-state index in [0.29, 0.717) is 18.0 Å². The number of anilines is 1. The van der Waals surface area contributed by atoms with E-state index in [1.54, 1.807) is 7.11 Å². The molecule has 3 N–H and O–H groups in total. The minimum absolute atomic E-state index is 0.0291. The standard InChI is InChI=1S/C22H28BrN3O3/c1-28-20-13-16(14-24-26-18-10-6-3-7-11-18)12-19(23)22(20)29-15-21(27)25-17-8-4-2-5-9-17/h3,6-7,10-13,17,24,26H,2,4-5,8-9,14-15H2,1H3,(H,25,27). The molecule has 1 fully saturated rings. The van der Waals surface area contributed by atoms with Crippen molar-refractivity contribution >= 4 is 27.5 Å². The van der Waals surface area contributed by atoms with E-state index in [9.17, 15) is 4.79 Å². The van der Waals surface area contributed by atoms with E-state index in [4.69, 9.17) is 9.47 Å². The normalized spacial score (nSPS) is 14.3. The highest BCUT2D eigenvalue weighted by Crippen LogP contribution is 2.36. The average molecular weight is 462 g/mol. The smallest absolute Gasteiger partial charge is 0.258 e. The molecule has 0 heterocycles. The highest BCUT2D eigenvalue weighted by atomic mass is 79.9. The Morgan fingerprint density at radius 2 is 1.90 bits per heavy atom. The zero-order chi connectivity index (χ0) is 20.5. The molecule has 1 saturated carbocycles. The largest absolute Gasteiger partial charge is 0.493 e. The minimum atomic E-state index is -0.0938. The second kappa shape index (κ2) is 11.1. The highest BCUT2D eigenvalue weighted by molar-refractivity contribution is 9.10. The molecule has 0 aromatic heterocycles. The van der Waals surface area contributed by atoms with Gasteiger partial charge in [0.05, 0.1) is 11.6 Å².